The SMILES string of the molecule is CC[C@@H]1[C@H](C)CN(c2c(Br)cc3c(=O)c(C(=O)O)cn(C4CC4)c3c2Cl)C[C@H]1N.Cl. The molecule has 6 nitrogen and oxygen atoms in total. The maximum Gasteiger partial charge on any atom is 0.341 e. The number of halogens is 3. The van der Waals surface area contributed by atoms with E-state index in [-0.39, 0.29) is 30.1 Å². The molecular weight excluding hydrogens is 493 g/mol. The van der Waals surface area contributed by atoms with Crippen molar-refractivity contribution in [2.75, 3.05) is 18.0 Å². The van der Waals surface area contributed by atoms with Gasteiger partial charge in [-0.3, -0.25) is 4.79 Å². The number of hydrogen-bond donors (Lipinski definition) is 2. The van der Waals surface area contributed by atoms with Crippen LogP contribution in [0, 0.1) is 11.8 Å². The number of nitrogens with zero attached hydrogens (tertiary/aromatic N) is 2. The fraction of sp³-hybridized carbons (Fsp3) is 0.524. The van der Waals surface area contributed by atoms with Gasteiger partial charge in [-0.05, 0) is 46.7 Å². The Kier molecular flexibility index (Phi) is 6.77. The van der Waals surface area contributed by atoms with E-state index < -0.39 is 11.4 Å². The third kappa shape index (κ3) is 3.85. The van der Waals surface area contributed by atoms with Crippen LogP contribution < -0.4 is 16.1 Å². The van der Waals surface area contributed by atoms with Gasteiger partial charge in [-0.15, -0.1) is 12.4 Å². The van der Waals surface area contributed by atoms with Gasteiger partial charge in [0.25, 0.3) is 0 Å². The van der Waals surface area contributed by atoms with Gasteiger partial charge in [-0.2, -0.15) is 0 Å². The molecule has 1 aromatic carbocycles. The van der Waals surface area contributed by atoms with Crippen molar-refractivity contribution in [1.29, 1.82) is 0 Å². The minimum absolute atomic E-state index is 0. The highest BCUT2D eigenvalue weighted by molar-refractivity contribution is 9.10. The third-order valence-corrected chi connectivity index (χ3v) is 7.33. The lowest BCUT2D eigenvalue weighted by Crippen LogP contribution is -2.52. The van der Waals surface area contributed by atoms with E-state index in [0.717, 1.165) is 31.5 Å². The summed E-state index contributed by atoms with van der Waals surface area (Å²) in [6.45, 7) is 5.90. The molecule has 4 rings (SSSR count). The van der Waals surface area contributed by atoms with E-state index in [1.165, 1.54) is 6.20 Å². The van der Waals surface area contributed by atoms with E-state index in [2.05, 4.69) is 34.7 Å². The number of hydrogen-bond acceptors (Lipinski definition) is 4. The van der Waals surface area contributed by atoms with E-state index in [4.69, 9.17) is 17.3 Å². The van der Waals surface area contributed by atoms with Crippen LogP contribution in [0.2, 0.25) is 5.02 Å². The number of aromatic nitrogens is 1. The Morgan fingerprint density at radius 1 is 1.37 bits per heavy atom. The molecule has 1 aromatic heterocycles. The molecule has 164 valence electrons. The van der Waals surface area contributed by atoms with Crippen LogP contribution in [0.15, 0.2) is 21.5 Å². The normalized spacial score (nSPS) is 24.0. The van der Waals surface area contributed by atoms with Gasteiger partial charge in [-0.25, -0.2) is 4.79 Å². The molecule has 2 fully saturated rings. The van der Waals surface area contributed by atoms with Crippen molar-refractivity contribution in [3.8, 4) is 0 Å². The first-order valence-corrected chi connectivity index (χ1v) is 11.2. The summed E-state index contributed by atoms with van der Waals surface area (Å²) >= 11 is 10.5. The van der Waals surface area contributed by atoms with Gasteiger partial charge in [0, 0.05) is 41.2 Å². The highest BCUT2D eigenvalue weighted by atomic mass is 79.9. The molecule has 0 spiro atoms. The van der Waals surface area contributed by atoms with Crippen molar-refractivity contribution in [3.63, 3.8) is 0 Å². The van der Waals surface area contributed by atoms with Gasteiger partial charge >= 0.3 is 5.97 Å². The standard InChI is InChI=1S/C21H25BrClN3O3.ClH/c1-3-12-10(2)7-25(9-16(12)24)19-15(22)6-13-18(17(19)23)26(11-4-5-11)8-14(20(13)27)21(28)29;/h6,8,10-12,16H,3-5,7,9,24H2,1-2H3,(H,28,29);1H/t10-,12-,16-;/m1./s1. The summed E-state index contributed by atoms with van der Waals surface area (Å²) in [7, 11) is 0. The van der Waals surface area contributed by atoms with Gasteiger partial charge in [0.15, 0.2) is 0 Å². The summed E-state index contributed by atoms with van der Waals surface area (Å²) < 4.78 is 2.56. The quantitative estimate of drug-likeness (QED) is 0.613. The number of rotatable bonds is 4. The average Bonchev–Trinajstić information content (AvgIpc) is 3.47. The van der Waals surface area contributed by atoms with Crippen LogP contribution in [0.3, 0.4) is 0 Å². The summed E-state index contributed by atoms with van der Waals surface area (Å²) in [5.41, 5.74) is 7.18. The minimum atomic E-state index is -1.22. The Labute approximate surface area is 194 Å². The lowest BCUT2D eigenvalue weighted by atomic mass is 9.81. The summed E-state index contributed by atoms with van der Waals surface area (Å²) in [5, 5.41) is 10.3. The van der Waals surface area contributed by atoms with Crippen LogP contribution in [0.5, 0.6) is 0 Å². The molecule has 0 radical (unpaired) electrons. The predicted octanol–water partition coefficient (Wildman–Crippen LogP) is 4.68. The van der Waals surface area contributed by atoms with Gasteiger partial charge in [-0.1, -0.05) is 31.9 Å². The fourth-order valence-electron chi connectivity index (χ4n) is 4.77. The van der Waals surface area contributed by atoms with E-state index in [0.29, 0.717) is 38.8 Å². The Balaban J connectivity index is 0.00000256. The Hall–Kier alpha value is -1.28. The summed E-state index contributed by atoms with van der Waals surface area (Å²) in [6, 6.07) is 1.93. The number of carboxylic acids is 1. The highest BCUT2D eigenvalue weighted by Gasteiger charge is 2.34. The average molecular weight is 519 g/mol. The number of carbonyl (C=O) groups is 1. The molecule has 1 saturated carbocycles. The van der Waals surface area contributed by atoms with Gasteiger partial charge in [0.1, 0.15) is 5.56 Å². The Bertz CT molecular complexity index is 1040. The van der Waals surface area contributed by atoms with E-state index >= 15 is 0 Å². The molecule has 0 bridgehead atoms. The number of piperidine rings is 1. The number of nitrogens with two attached hydrogens (primary N) is 1. The number of benzene rings is 1. The zero-order valence-electron chi connectivity index (χ0n) is 16.9. The number of pyridine rings is 1. The molecule has 2 aromatic rings. The first-order valence-electron chi connectivity index (χ1n) is 10.0. The molecule has 1 saturated heterocycles. The lowest BCUT2D eigenvalue weighted by Gasteiger charge is -2.42. The second kappa shape index (κ2) is 8.69. The van der Waals surface area contributed by atoms with Crippen molar-refractivity contribution >= 4 is 62.5 Å². The zero-order chi connectivity index (χ0) is 21.0. The second-order valence-electron chi connectivity index (χ2n) is 8.35. The Morgan fingerprint density at radius 2 is 2.03 bits per heavy atom. The van der Waals surface area contributed by atoms with E-state index in [9.17, 15) is 14.7 Å². The molecule has 0 unspecified atom stereocenters. The van der Waals surface area contributed by atoms with Crippen molar-refractivity contribution in [3.05, 3.63) is 37.5 Å². The predicted molar refractivity (Wildman–Crippen MR) is 127 cm³/mol. The Morgan fingerprint density at radius 3 is 2.57 bits per heavy atom. The van der Waals surface area contributed by atoms with Crippen LogP contribution in [0.4, 0.5) is 5.69 Å². The smallest absolute Gasteiger partial charge is 0.341 e. The molecule has 9 heteroatoms. The fourth-order valence-corrected chi connectivity index (χ4v) is 5.98. The largest absolute Gasteiger partial charge is 0.477 e. The first-order chi connectivity index (χ1) is 13.7. The van der Waals surface area contributed by atoms with E-state index in [1.807, 2.05) is 4.57 Å². The molecule has 1 aliphatic carbocycles. The van der Waals surface area contributed by atoms with Crippen LogP contribution in [-0.2, 0) is 0 Å². The number of carboxylic acid groups (broad SMARTS) is 1. The molecular formula is C21H26BrCl2N3O3. The summed E-state index contributed by atoms with van der Waals surface area (Å²) in [6.07, 6.45) is 4.39. The van der Waals surface area contributed by atoms with Crippen LogP contribution in [-0.4, -0.2) is 34.8 Å². The van der Waals surface area contributed by atoms with Crippen LogP contribution in [0.1, 0.15) is 49.5 Å². The van der Waals surface area contributed by atoms with Gasteiger partial charge in [0.05, 0.1) is 16.2 Å². The molecule has 3 atom stereocenters. The number of anilines is 1. The van der Waals surface area contributed by atoms with Gasteiger partial charge in [0.2, 0.25) is 5.43 Å². The number of aromatic carboxylic acids is 1. The molecule has 3 N–H and O–H groups in total. The molecule has 1 aliphatic heterocycles. The molecule has 0 amide bonds. The lowest BCUT2D eigenvalue weighted by molar-refractivity contribution is 0.0695. The topological polar surface area (TPSA) is 88.6 Å². The summed E-state index contributed by atoms with van der Waals surface area (Å²) in [5.74, 6) is -0.335. The molecule has 30 heavy (non-hydrogen) atoms. The van der Waals surface area contributed by atoms with Crippen molar-refractivity contribution in [1.82, 2.24) is 4.57 Å². The maximum absolute atomic E-state index is 12.8. The van der Waals surface area contributed by atoms with E-state index in [1.54, 1.807) is 6.07 Å². The van der Waals surface area contributed by atoms with Gasteiger partial charge < -0.3 is 20.3 Å². The zero-order valence-corrected chi connectivity index (χ0v) is 20.1. The number of fused-ring (bicyclic) bond motifs is 1. The highest BCUT2D eigenvalue weighted by Crippen LogP contribution is 2.45. The maximum atomic E-state index is 12.8. The monoisotopic (exact) mass is 517 g/mol. The molecule has 2 heterocycles. The van der Waals surface area contributed by atoms with Crippen molar-refractivity contribution in [2.24, 2.45) is 17.6 Å². The third-order valence-electron chi connectivity index (χ3n) is 6.36. The van der Waals surface area contributed by atoms with Crippen LogP contribution in [0.25, 0.3) is 10.9 Å². The first kappa shape index (κ1) is 23.4. The van der Waals surface area contributed by atoms with Crippen molar-refractivity contribution < 1.29 is 9.90 Å². The van der Waals surface area contributed by atoms with Crippen molar-refractivity contribution in [2.45, 2.75) is 45.2 Å². The summed E-state index contributed by atoms with van der Waals surface area (Å²) in [4.78, 5) is 26.6. The minimum Gasteiger partial charge on any atom is -0.477 e. The second-order valence-corrected chi connectivity index (χ2v) is 9.58. The molecule has 2 aliphatic rings. The van der Waals surface area contributed by atoms with Crippen LogP contribution >= 0.6 is 39.9 Å².